The quantitative estimate of drug-likeness (QED) is 0.211. The molecule has 3 N–H and O–H groups in total. The van der Waals surface area contributed by atoms with Crippen LogP contribution in [-0.2, 0) is 11.4 Å². The summed E-state index contributed by atoms with van der Waals surface area (Å²) >= 11 is 13.9. The molecule has 0 spiro atoms. The zero-order valence-corrected chi connectivity index (χ0v) is 23.2. The number of benzene rings is 2. The van der Waals surface area contributed by atoms with Crippen LogP contribution >= 0.6 is 35.0 Å². The van der Waals surface area contributed by atoms with E-state index in [0.29, 0.717) is 50.5 Å². The Labute approximate surface area is 230 Å². The molecule has 11 heteroatoms. The van der Waals surface area contributed by atoms with Gasteiger partial charge in [0.1, 0.15) is 12.6 Å². The fourth-order valence-corrected chi connectivity index (χ4v) is 5.38. The highest BCUT2D eigenvalue weighted by atomic mass is 35.5. The van der Waals surface area contributed by atoms with Gasteiger partial charge in [-0.15, -0.1) is 5.10 Å². The second kappa shape index (κ2) is 12.1. The number of ether oxygens (including phenoxy) is 2. The second-order valence-corrected chi connectivity index (χ2v) is 10.4. The minimum absolute atomic E-state index is 0.236. The lowest BCUT2D eigenvalue weighted by Crippen LogP contribution is -2.31. The smallest absolute Gasteiger partial charge is 0.248 e. The lowest BCUT2D eigenvalue weighted by molar-refractivity contribution is -0.115. The molecule has 1 aliphatic heterocycles. The maximum absolute atomic E-state index is 12.5. The minimum atomic E-state index is -0.569. The average Bonchev–Trinajstić information content (AvgIpc) is 3.25. The van der Waals surface area contributed by atoms with Gasteiger partial charge in [-0.3, -0.25) is 4.79 Å². The SMILES string of the molecule is CCCCSc1nc2n(n1)C(c1ccc(OCc3ccc(Cl)cc3Cl)c(OCC)c1)C(C(N)=O)=C(C)N2. The summed E-state index contributed by atoms with van der Waals surface area (Å²) in [4.78, 5) is 17.2. The number of primary amides is 1. The molecule has 196 valence electrons. The zero-order chi connectivity index (χ0) is 26.5. The molecule has 1 aliphatic rings. The van der Waals surface area contributed by atoms with Crippen molar-refractivity contribution in [2.75, 3.05) is 17.7 Å². The first kappa shape index (κ1) is 27.2. The summed E-state index contributed by atoms with van der Waals surface area (Å²) in [6, 6.07) is 10.2. The molecule has 0 fully saturated rings. The molecule has 0 saturated carbocycles. The Hall–Kier alpha value is -2.88. The number of fused-ring (bicyclic) bond motifs is 1. The number of thioether (sulfide) groups is 1. The maximum atomic E-state index is 12.5. The molecule has 0 bridgehead atoms. The summed E-state index contributed by atoms with van der Waals surface area (Å²) in [5, 5.41) is 9.61. The van der Waals surface area contributed by atoms with Crippen LogP contribution < -0.4 is 20.5 Å². The lowest BCUT2D eigenvalue weighted by Gasteiger charge is -2.28. The zero-order valence-electron chi connectivity index (χ0n) is 20.9. The number of nitrogens with one attached hydrogen (secondary N) is 1. The molecule has 1 unspecified atom stereocenters. The standard InChI is InChI=1S/C26H29Cl2N5O3S/c1-4-6-11-37-26-31-25-30-15(3)22(24(29)34)23(33(25)32-26)16-8-10-20(21(12-16)35-5-2)36-14-17-7-9-18(27)13-19(17)28/h7-10,12-13,23H,4-6,11,14H2,1-3H3,(H2,29,34)(H,30,31,32). The molecular weight excluding hydrogens is 533 g/mol. The summed E-state index contributed by atoms with van der Waals surface area (Å²) < 4.78 is 13.7. The summed E-state index contributed by atoms with van der Waals surface area (Å²) in [7, 11) is 0. The van der Waals surface area contributed by atoms with Gasteiger partial charge in [-0.05, 0) is 50.1 Å². The predicted octanol–water partition coefficient (Wildman–Crippen LogP) is 6.23. The van der Waals surface area contributed by atoms with E-state index in [9.17, 15) is 4.79 Å². The first-order chi connectivity index (χ1) is 17.8. The van der Waals surface area contributed by atoms with Gasteiger partial charge in [0.05, 0.1) is 12.2 Å². The maximum Gasteiger partial charge on any atom is 0.248 e. The van der Waals surface area contributed by atoms with Crippen molar-refractivity contribution < 1.29 is 14.3 Å². The molecule has 3 aromatic rings. The van der Waals surface area contributed by atoms with E-state index in [2.05, 4.69) is 17.2 Å². The van der Waals surface area contributed by atoms with E-state index in [1.165, 1.54) is 0 Å². The molecule has 1 atom stereocenters. The minimum Gasteiger partial charge on any atom is -0.490 e. The van der Waals surface area contributed by atoms with Crippen molar-refractivity contribution in [3.63, 3.8) is 0 Å². The lowest BCUT2D eigenvalue weighted by atomic mass is 9.95. The number of hydrogen-bond donors (Lipinski definition) is 2. The van der Waals surface area contributed by atoms with E-state index in [1.54, 1.807) is 28.6 Å². The van der Waals surface area contributed by atoms with Gasteiger partial charge in [0.2, 0.25) is 17.0 Å². The molecule has 0 saturated heterocycles. The van der Waals surface area contributed by atoms with Crippen LogP contribution in [0.3, 0.4) is 0 Å². The highest BCUT2D eigenvalue weighted by Gasteiger charge is 2.34. The monoisotopic (exact) mass is 561 g/mol. The Balaban J connectivity index is 1.68. The number of allylic oxidation sites excluding steroid dienone is 1. The number of unbranched alkanes of at least 4 members (excludes halogenated alkanes) is 1. The Morgan fingerprint density at radius 2 is 1.97 bits per heavy atom. The molecule has 2 heterocycles. The third kappa shape index (κ3) is 6.17. The molecular formula is C26H29Cl2N5O3S. The van der Waals surface area contributed by atoms with E-state index < -0.39 is 11.9 Å². The van der Waals surface area contributed by atoms with Crippen molar-refractivity contribution in [1.82, 2.24) is 14.8 Å². The van der Waals surface area contributed by atoms with Gasteiger partial charge < -0.3 is 20.5 Å². The van der Waals surface area contributed by atoms with Crippen LogP contribution in [0.25, 0.3) is 0 Å². The topological polar surface area (TPSA) is 104 Å². The van der Waals surface area contributed by atoms with Gasteiger partial charge in [-0.2, -0.15) is 4.98 Å². The second-order valence-electron chi connectivity index (χ2n) is 8.46. The summed E-state index contributed by atoms with van der Waals surface area (Å²) in [5.41, 5.74) is 8.44. The fraction of sp³-hybridized carbons (Fsp3) is 0.346. The van der Waals surface area contributed by atoms with Gasteiger partial charge in [-0.25, -0.2) is 4.68 Å². The number of halogens is 2. The molecule has 8 nitrogen and oxygen atoms in total. The highest BCUT2D eigenvalue weighted by Crippen LogP contribution is 2.39. The van der Waals surface area contributed by atoms with E-state index >= 15 is 0 Å². The number of carbonyl (C=O) groups excluding carboxylic acids is 1. The largest absolute Gasteiger partial charge is 0.490 e. The van der Waals surface area contributed by atoms with Crippen molar-refractivity contribution in [3.05, 3.63) is 68.8 Å². The van der Waals surface area contributed by atoms with Crippen LogP contribution in [0.15, 0.2) is 52.8 Å². The van der Waals surface area contributed by atoms with E-state index in [1.807, 2.05) is 38.1 Å². The van der Waals surface area contributed by atoms with Crippen molar-refractivity contribution in [1.29, 1.82) is 0 Å². The molecule has 2 aromatic carbocycles. The number of aromatic nitrogens is 3. The number of rotatable bonds is 11. The number of anilines is 1. The number of amides is 1. The molecule has 0 aliphatic carbocycles. The van der Waals surface area contributed by atoms with E-state index in [0.717, 1.165) is 29.7 Å². The summed E-state index contributed by atoms with van der Waals surface area (Å²) in [6.45, 7) is 6.51. The normalized spacial score (nSPS) is 14.8. The van der Waals surface area contributed by atoms with E-state index in [4.69, 9.17) is 43.5 Å². The van der Waals surface area contributed by atoms with Gasteiger partial charge in [0.15, 0.2) is 11.5 Å². The molecule has 1 aromatic heterocycles. The van der Waals surface area contributed by atoms with Gasteiger partial charge in [0, 0.05) is 27.1 Å². The number of carbonyl (C=O) groups is 1. The average molecular weight is 563 g/mol. The molecule has 1 amide bonds. The van der Waals surface area contributed by atoms with Crippen LogP contribution in [0.4, 0.5) is 5.95 Å². The Morgan fingerprint density at radius 1 is 1.16 bits per heavy atom. The number of nitrogens with zero attached hydrogens (tertiary/aromatic N) is 3. The van der Waals surface area contributed by atoms with Crippen molar-refractivity contribution in [3.8, 4) is 11.5 Å². The summed E-state index contributed by atoms with van der Waals surface area (Å²) in [6.07, 6.45) is 2.16. The van der Waals surface area contributed by atoms with Gasteiger partial charge >= 0.3 is 0 Å². The van der Waals surface area contributed by atoms with E-state index in [-0.39, 0.29) is 6.61 Å². The Morgan fingerprint density at radius 3 is 2.68 bits per heavy atom. The molecule has 0 radical (unpaired) electrons. The van der Waals surface area contributed by atoms with Crippen molar-refractivity contribution in [2.45, 2.75) is 51.4 Å². The third-order valence-corrected chi connectivity index (χ3v) is 7.32. The number of nitrogens with two attached hydrogens (primary N) is 1. The predicted molar refractivity (Wildman–Crippen MR) is 148 cm³/mol. The number of hydrogen-bond acceptors (Lipinski definition) is 7. The van der Waals surface area contributed by atoms with Crippen molar-refractivity contribution in [2.24, 2.45) is 5.73 Å². The molecule has 4 rings (SSSR count). The highest BCUT2D eigenvalue weighted by molar-refractivity contribution is 7.99. The van der Waals surface area contributed by atoms with Crippen LogP contribution in [0.2, 0.25) is 10.0 Å². The Bertz CT molecular complexity index is 1330. The Kier molecular flexibility index (Phi) is 8.89. The van der Waals surface area contributed by atoms with Gasteiger partial charge in [0.25, 0.3) is 0 Å². The van der Waals surface area contributed by atoms with Crippen LogP contribution in [0.5, 0.6) is 11.5 Å². The van der Waals surface area contributed by atoms with Crippen LogP contribution in [-0.4, -0.2) is 33.0 Å². The fourth-order valence-electron chi connectivity index (χ4n) is 4.00. The van der Waals surface area contributed by atoms with Crippen molar-refractivity contribution >= 4 is 46.8 Å². The molecule has 37 heavy (non-hydrogen) atoms. The first-order valence-electron chi connectivity index (χ1n) is 12.0. The van der Waals surface area contributed by atoms with Crippen LogP contribution in [0, 0.1) is 0 Å². The first-order valence-corrected chi connectivity index (χ1v) is 13.8. The van der Waals surface area contributed by atoms with Crippen LogP contribution in [0.1, 0.15) is 50.8 Å². The van der Waals surface area contributed by atoms with Gasteiger partial charge in [-0.1, -0.05) is 60.4 Å². The summed E-state index contributed by atoms with van der Waals surface area (Å²) in [5.74, 6) is 2.01. The third-order valence-electron chi connectivity index (χ3n) is 5.81.